The summed E-state index contributed by atoms with van der Waals surface area (Å²) in [4.78, 5) is 17.3. The molecule has 0 atom stereocenters. The first kappa shape index (κ1) is 25.3. The molecule has 0 bridgehead atoms. The van der Waals surface area contributed by atoms with E-state index in [2.05, 4.69) is 42.2 Å². The van der Waals surface area contributed by atoms with Crippen LogP contribution >= 0.6 is 0 Å². The molecule has 180 valence electrons. The van der Waals surface area contributed by atoms with E-state index in [0.717, 1.165) is 50.3 Å². The summed E-state index contributed by atoms with van der Waals surface area (Å²) in [6.45, 7) is 11.2. The lowest BCUT2D eigenvalue weighted by Crippen LogP contribution is -2.43. The van der Waals surface area contributed by atoms with Crippen molar-refractivity contribution in [1.82, 2.24) is 9.80 Å². The van der Waals surface area contributed by atoms with Crippen molar-refractivity contribution in [2.45, 2.75) is 64.7 Å². The lowest BCUT2D eigenvalue weighted by molar-refractivity contribution is 0.0773. The van der Waals surface area contributed by atoms with Crippen LogP contribution in [0.3, 0.4) is 0 Å². The minimum atomic E-state index is -0.0504. The number of carbonyl (C=O) groups excluding carboxylic acids is 1. The Balaban J connectivity index is 1.85. The number of rotatable bonds is 11. The van der Waals surface area contributed by atoms with Gasteiger partial charge in [-0.3, -0.25) is 4.79 Å². The zero-order valence-electron chi connectivity index (χ0n) is 21.1. The molecule has 0 aliphatic carbocycles. The number of methoxy groups -OCH3 is 1. The molecule has 0 radical (unpaired) electrons. The molecule has 0 saturated carbocycles. The topological polar surface area (TPSA) is 32.8 Å². The van der Waals surface area contributed by atoms with Gasteiger partial charge in [0.1, 0.15) is 5.75 Å². The first-order valence-electron chi connectivity index (χ1n) is 12.8. The SMILES string of the molecule is CCCCCCN1CCC(c2ccc(C(=O)N(CC)CC)cc2)(c2cccc(OC)c2)CC1. The van der Waals surface area contributed by atoms with Gasteiger partial charge in [-0.05, 0) is 88.1 Å². The van der Waals surface area contributed by atoms with Gasteiger partial charge in [0.05, 0.1) is 7.11 Å². The standard InChI is InChI=1S/C29H42N2O2/c1-5-8-9-10-20-30-21-18-29(19-22-30,26-12-11-13-27(23-26)33-4)25-16-14-24(15-17-25)28(32)31(6-2)7-3/h11-17,23H,5-10,18-22H2,1-4H3. The number of unbranched alkanes of at least 4 members (excludes halogenated alkanes) is 3. The van der Waals surface area contributed by atoms with E-state index in [-0.39, 0.29) is 11.3 Å². The maximum atomic E-state index is 12.8. The summed E-state index contributed by atoms with van der Waals surface area (Å²) in [5.74, 6) is 1.02. The van der Waals surface area contributed by atoms with Gasteiger partial charge >= 0.3 is 0 Å². The number of benzene rings is 2. The molecule has 0 N–H and O–H groups in total. The van der Waals surface area contributed by atoms with Crippen molar-refractivity contribution in [2.75, 3.05) is 39.8 Å². The normalized spacial score (nSPS) is 15.9. The average molecular weight is 451 g/mol. The van der Waals surface area contributed by atoms with Gasteiger partial charge in [-0.2, -0.15) is 0 Å². The highest BCUT2D eigenvalue weighted by atomic mass is 16.5. The van der Waals surface area contributed by atoms with Crippen LogP contribution in [0.25, 0.3) is 0 Å². The maximum absolute atomic E-state index is 12.8. The van der Waals surface area contributed by atoms with Gasteiger partial charge in [0.25, 0.3) is 5.91 Å². The van der Waals surface area contributed by atoms with Crippen molar-refractivity contribution < 1.29 is 9.53 Å². The molecule has 33 heavy (non-hydrogen) atoms. The molecule has 1 heterocycles. The summed E-state index contributed by atoms with van der Waals surface area (Å²) in [6, 6.07) is 17.0. The molecule has 0 unspecified atom stereocenters. The quantitative estimate of drug-likeness (QED) is 0.386. The molecule has 4 nitrogen and oxygen atoms in total. The molecule has 2 aromatic rings. The number of hydrogen-bond donors (Lipinski definition) is 0. The van der Waals surface area contributed by atoms with E-state index in [0.29, 0.717) is 0 Å². The third-order valence-corrected chi connectivity index (χ3v) is 7.39. The van der Waals surface area contributed by atoms with Gasteiger partial charge in [-0.25, -0.2) is 0 Å². The predicted octanol–water partition coefficient (Wildman–Crippen LogP) is 6.14. The number of amides is 1. The second-order valence-electron chi connectivity index (χ2n) is 9.27. The summed E-state index contributed by atoms with van der Waals surface area (Å²) in [5.41, 5.74) is 3.34. The van der Waals surface area contributed by atoms with Crippen LogP contribution in [0, 0.1) is 0 Å². The molecule has 2 aromatic carbocycles. The molecule has 0 aromatic heterocycles. The molecule has 1 aliphatic heterocycles. The third kappa shape index (κ3) is 5.97. The van der Waals surface area contributed by atoms with E-state index in [1.54, 1.807) is 7.11 Å². The van der Waals surface area contributed by atoms with Crippen molar-refractivity contribution in [3.8, 4) is 5.75 Å². The molecule has 1 fully saturated rings. The second-order valence-corrected chi connectivity index (χ2v) is 9.27. The molecule has 0 spiro atoms. The second kappa shape index (κ2) is 12.2. The van der Waals surface area contributed by atoms with Crippen LogP contribution in [0.5, 0.6) is 5.75 Å². The van der Waals surface area contributed by atoms with Gasteiger partial charge in [-0.15, -0.1) is 0 Å². The predicted molar refractivity (Wildman–Crippen MR) is 137 cm³/mol. The molecule has 1 saturated heterocycles. The van der Waals surface area contributed by atoms with E-state index < -0.39 is 0 Å². The number of piperidine rings is 1. The number of nitrogens with zero attached hydrogens (tertiary/aromatic N) is 2. The summed E-state index contributed by atoms with van der Waals surface area (Å²) < 4.78 is 5.56. The third-order valence-electron chi connectivity index (χ3n) is 7.39. The molecule has 1 aliphatic rings. The summed E-state index contributed by atoms with van der Waals surface area (Å²) >= 11 is 0. The molecular weight excluding hydrogens is 408 g/mol. The van der Waals surface area contributed by atoms with Crippen LogP contribution in [0.15, 0.2) is 48.5 Å². The number of ether oxygens (including phenoxy) is 1. The Hall–Kier alpha value is -2.33. The smallest absolute Gasteiger partial charge is 0.253 e. The minimum Gasteiger partial charge on any atom is -0.497 e. The van der Waals surface area contributed by atoms with E-state index in [4.69, 9.17) is 4.74 Å². The molecule has 1 amide bonds. The average Bonchev–Trinajstić information content (AvgIpc) is 2.88. The highest BCUT2D eigenvalue weighted by Gasteiger charge is 2.38. The van der Waals surface area contributed by atoms with Crippen LogP contribution in [-0.4, -0.2) is 55.5 Å². The number of hydrogen-bond acceptors (Lipinski definition) is 3. The monoisotopic (exact) mass is 450 g/mol. The van der Waals surface area contributed by atoms with Gasteiger partial charge in [0.2, 0.25) is 0 Å². The van der Waals surface area contributed by atoms with Gasteiger partial charge in [0, 0.05) is 24.1 Å². The highest BCUT2D eigenvalue weighted by molar-refractivity contribution is 5.94. The Morgan fingerprint density at radius 3 is 2.24 bits per heavy atom. The Morgan fingerprint density at radius 2 is 1.64 bits per heavy atom. The first-order chi connectivity index (χ1) is 16.1. The van der Waals surface area contributed by atoms with Gasteiger partial charge in [0.15, 0.2) is 0 Å². The highest BCUT2D eigenvalue weighted by Crippen LogP contribution is 2.43. The van der Waals surface area contributed by atoms with Gasteiger partial charge in [-0.1, -0.05) is 50.5 Å². The Kier molecular flexibility index (Phi) is 9.37. The van der Waals surface area contributed by atoms with Crippen LogP contribution in [0.2, 0.25) is 0 Å². The van der Waals surface area contributed by atoms with Gasteiger partial charge < -0.3 is 14.5 Å². The first-order valence-corrected chi connectivity index (χ1v) is 12.8. The van der Waals surface area contributed by atoms with Crippen LogP contribution in [0.1, 0.15) is 80.8 Å². The Bertz CT molecular complexity index is 865. The van der Waals surface area contributed by atoms with E-state index in [9.17, 15) is 4.79 Å². The lowest BCUT2D eigenvalue weighted by atomic mass is 9.68. The van der Waals surface area contributed by atoms with Crippen LogP contribution < -0.4 is 4.74 Å². The van der Waals surface area contributed by atoms with Crippen LogP contribution in [-0.2, 0) is 5.41 Å². The largest absolute Gasteiger partial charge is 0.497 e. The Labute approximate surface area is 200 Å². The zero-order valence-corrected chi connectivity index (χ0v) is 21.1. The number of likely N-dealkylation sites (tertiary alicyclic amines) is 1. The van der Waals surface area contributed by atoms with Crippen molar-refractivity contribution in [2.24, 2.45) is 0 Å². The molecular formula is C29H42N2O2. The fourth-order valence-electron chi connectivity index (χ4n) is 5.21. The molecule has 4 heteroatoms. The summed E-state index contributed by atoms with van der Waals surface area (Å²) in [6.07, 6.45) is 7.40. The fraction of sp³-hybridized carbons (Fsp3) is 0.552. The molecule has 3 rings (SSSR count). The summed E-state index contributed by atoms with van der Waals surface area (Å²) in [7, 11) is 1.73. The van der Waals surface area contributed by atoms with Crippen molar-refractivity contribution in [3.05, 3.63) is 65.2 Å². The number of carbonyl (C=O) groups is 1. The maximum Gasteiger partial charge on any atom is 0.253 e. The lowest BCUT2D eigenvalue weighted by Gasteiger charge is -2.43. The van der Waals surface area contributed by atoms with E-state index >= 15 is 0 Å². The van der Waals surface area contributed by atoms with E-state index in [1.807, 2.05) is 36.9 Å². The fourth-order valence-corrected chi connectivity index (χ4v) is 5.21. The van der Waals surface area contributed by atoms with Crippen LogP contribution in [0.4, 0.5) is 0 Å². The zero-order chi connectivity index (χ0) is 23.7. The van der Waals surface area contributed by atoms with E-state index in [1.165, 1.54) is 43.4 Å². The van der Waals surface area contributed by atoms with Crippen molar-refractivity contribution in [3.63, 3.8) is 0 Å². The van der Waals surface area contributed by atoms with Crippen molar-refractivity contribution >= 4 is 5.91 Å². The minimum absolute atomic E-state index is 0.0504. The summed E-state index contributed by atoms with van der Waals surface area (Å²) in [5, 5.41) is 0. The van der Waals surface area contributed by atoms with Crippen molar-refractivity contribution in [1.29, 1.82) is 0 Å². The Morgan fingerprint density at radius 1 is 0.939 bits per heavy atom.